The molecule has 0 aliphatic rings. The largest absolute Gasteiger partial charge is 0.324 e. The number of aryl methyl sites for hydroxylation is 1. The van der Waals surface area contributed by atoms with Gasteiger partial charge in [-0.1, -0.05) is 31.2 Å². The van der Waals surface area contributed by atoms with E-state index >= 15 is 0 Å². The average Bonchev–Trinajstić information content (AvgIpc) is 3.09. The van der Waals surface area contributed by atoms with E-state index in [0.717, 1.165) is 16.6 Å². The van der Waals surface area contributed by atoms with Crippen molar-refractivity contribution in [3.63, 3.8) is 0 Å². The first-order valence-electron chi connectivity index (χ1n) is 9.47. The predicted octanol–water partition coefficient (Wildman–Crippen LogP) is 2.72. The van der Waals surface area contributed by atoms with E-state index in [2.05, 4.69) is 15.6 Å². The first-order chi connectivity index (χ1) is 13.8. The second-order valence-corrected chi connectivity index (χ2v) is 8.72. The third-order valence-corrected chi connectivity index (χ3v) is 7.00. The predicted molar refractivity (Wildman–Crippen MR) is 112 cm³/mol. The van der Waals surface area contributed by atoms with E-state index in [0.29, 0.717) is 24.3 Å². The lowest BCUT2D eigenvalue weighted by Crippen LogP contribution is -2.31. The maximum Gasteiger partial charge on any atom is 0.246 e. The lowest BCUT2D eigenvalue weighted by Gasteiger charge is -2.20. The fourth-order valence-corrected chi connectivity index (χ4v) is 4.75. The highest BCUT2D eigenvalue weighted by molar-refractivity contribution is 7.89. The molecule has 0 spiro atoms. The van der Waals surface area contributed by atoms with Gasteiger partial charge in [0.25, 0.3) is 0 Å². The molecule has 1 aromatic heterocycles. The minimum absolute atomic E-state index is 0.0218. The Hall–Kier alpha value is -2.78. The van der Waals surface area contributed by atoms with Gasteiger partial charge < -0.3 is 5.32 Å². The highest BCUT2D eigenvalue weighted by Crippen LogP contribution is 2.26. The van der Waals surface area contributed by atoms with Gasteiger partial charge in [-0.15, -0.1) is 5.10 Å². The molecule has 8 nitrogen and oxygen atoms in total. The Bertz CT molecular complexity index is 1150. The molecule has 3 aromatic rings. The molecule has 29 heavy (non-hydrogen) atoms. The number of hydrogen-bond donors (Lipinski definition) is 1. The van der Waals surface area contributed by atoms with Crippen molar-refractivity contribution in [3.8, 4) is 0 Å². The Balaban J connectivity index is 1.88. The summed E-state index contributed by atoms with van der Waals surface area (Å²) in [5.41, 5.74) is 3.55. The number of carbonyl (C=O) groups excluding carboxylic acids is 1. The van der Waals surface area contributed by atoms with Gasteiger partial charge in [-0.2, -0.15) is 4.31 Å². The number of rotatable bonds is 7. The molecule has 0 bridgehead atoms. The second-order valence-electron chi connectivity index (χ2n) is 6.79. The smallest absolute Gasteiger partial charge is 0.246 e. The Kier molecular flexibility index (Phi) is 5.99. The Labute approximate surface area is 170 Å². The molecular weight excluding hydrogens is 390 g/mol. The van der Waals surface area contributed by atoms with Gasteiger partial charge in [-0.3, -0.25) is 4.79 Å². The Morgan fingerprint density at radius 3 is 2.52 bits per heavy atom. The quantitative estimate of drug-likeness (QED) is 0.640. The van der Waals surface area contributed by atoms with Crippen LogP contribution in [0.5, 0.6) is 0 Å². The van der Waals surface area contributed by atoms with Gasteiger partial charge in [0.2, 0.25) is 15.9 Å². The van der Waals surface area contributed by atoms with Crippen molar-refractivity contribution in [1.29, 1.82) is 0 Å². The number of benzene rings is 2. The Morgan fingerprint density at radius 1 is 1.14 bits per heavy atom. The van der Waals surface area contributed by atoms with E-state index in [-0.39, 0.29) is 17.3 Å². The molecule has 0 fully saturated rings. The van der Waals surface area contributed by atoms with Crippen molar-refractivity contribution in [1.82, 2.24) is 19.3 Å². The zero-order valence-corrected chi connectivity index (χ0v) is 17.8. The van der Waals surface area contributed by atoms with Crippen molar-refractivity contribution < 1.29 is 13.2 Å². The van der Waals surface area contributed by atoms with Crippen molar-refractivity contribution in [2.24, 2.45) is 0 Å². The number of amides is 1. The number of carbonyl (C=O) groups is 1. The van der Waals surface area contributed by atoms with Crippen molar-refractivity contribution in [3.05, 3.63) is 47.5 Å². The lowest BCUT2D eigenvalue weighted by molar-refractivity contribution is -0.116. The van der Waals surface area contributed by atoms with Crippen LogP contribution in [0.15, 0.2) is 41.3 Å². The summed E-state index contributed by atoms with van der Waals surface area (Å²) in [6, 6.07) is 10.5. The molecule has 0 saturated heterocycles. The number of fused-ring (bicyclic) bond motifs is 1. The number of anilines is 1. The summed E-state index contributed by atoms with van der Waals surface area (Å²) in [6.45, 7) is 8.02. The summed E-state index contributed by atoms with van der Waals surface area (Å²) in [6.07, 6.45) is 0. The molecule has 0 unspecified atom stereocenters. The molecule has 0 aliphatic carbocycles. The molecule has 1 amide bonds. The first-order valence-corrected chi connectivity index (χ1v) is 10.9. The van der Waals surface area contributed by atoms with Gasteiger partial charge >= 0.3 is 0 Å². The second kappa shape index (κ2) is 8.30. The highest BCUT2D eigenvalue weighted by Gasteiger charge is 2.23. The molecule has 154 valence electrons. The number of nitrogens with one attached hydrogen (secondary N) is 1. The lowest BCUT2D eigenvalue weighted by atomic mass is 10.1. The van der Waals surface area contributed by atoms with E-state index in [4.69, 9.17) is 0 Å². The van der Waals surface area contributed by atoms with Gasteiger partial charge in [0.1, 0.15) is 12.1 Å². The maximum absolute atomic E-state index is 12.9. The van der Waals surface area contributed by atoms with E-state index < -0.39 is 10.0 Å². The summed E-state index contributed by atoms with van der Waals surface area (Å²) in [5, 5.41) is 10.9. The average molecular weight is 416 g/mol. The molecular formula is C20H25N5O3S. The number of sulfonamides is 1. The number of para-hydroxylation sites is 1. The normalized spacial score (nSPS) is 11.9. The SMILES string of the molecule is CCN(CC)S(=O)(=O)c1cc(C)c(C)c(NC(=O)Cn2nnc3ccccc32)c1. The maximum atomic E-state index is 12.9. The van der Waals surface area contributed by atoms with E-state index in [1.165, 1.54) is 15.1 Å². The minimum Gasteiger partial charge on any atom is -0.324 e. The summed E-state index contributed by atoms with van der Waals surface area (Å²) in [5.74, 6) is -0.305. The molecule has 0 aliphatic heterocycles. The molecule has 2 aromatic carbocycles. The van der Waals surface area contributed by atoms with E-state index in [9.17, 15) is 13.2 Å². The van der Waals surface area contributed by atoms with Gasteiger partial charge in [0.15, 0.2) is 0 Å². The van der Waals surface area contributed by atoms with Crippen LogP contribution in [-0.2, 0) is 21.4 Å². The minimum atomic E-state index is -3.62. The Morgan fingerprint density at radius 2 is 1.83 bits per heavy atom. The van der Waals surface area contributed by atoms with Crippen LogP contribution >= 0.6 is 0 Å². The molecule has 0 atom stereocenters. The zero-order chi connectivity index (χ0) is 21.2. The van der Waals surface area contributed by atoms with Gasteiger partial charge in [-0.05, 0) is 49.2 Å². The first kappa shape index (κ1) is 20.9. The van der Waals surface area contributed by atoms with Gasteiger partial charge in [-0.25, -0.2) is 13.1 Å². The van der Waals surface area contributed by atoms with Gasteiger partial charge in [0.05, 0.1) is 10.4 Å². The van der Waals surface area contributed by atoms with Crippen LogP contribution < -0.4 is 5.32 Å². The van der Waals surface area contributed by atoms with E-state index in [1.807, 2.05) is 38.1 Å². The topological polar surface area (TPSA) is 97.2 Å². The third-order valence-electron chi connectivity index (χ3n) is 4.97. The molecule has 9 heteroatoms. The van der Waals surface area contributed by atoms with Crippen LogP contribution in [0.1, 0.15) is 25.0 Å². The van der Waals surface area contributed by atoms with Crippen molar-refractivity contribution in [2.45, 2.75) is 39.1 Å². The number of nitrogens with zero attached hydrogens (tertiary/aromatic N) is 4. The summed E-state index contributed by atoms with van der Waals surface area (Å²) >= 11 is 0. The highest BCUT2D eigenvalue weighted by atomic mass is 32.2. The van der Waals surface area contributed by atoms with Crippen LogP contribution in [0, 0.1) is 13.8 Å². The van der Waals surface area contributed by atoms with Crippen LogP contribution in [0.25, 0.3) is 11.0 Å². The fourth-order valence-electron chi connectivity index (χ4n) is 3.18. The number of aromatic nitrogens is 3. The summed E-state index contributed by atoms with van der Waals surface area (Å²) < 4.78 is 28.7. The monoisotopic (exact) mass is 415 g/mol. The van der Waals surface area contributed by atoms with Crippen molar-refractivity contribution >= 4 is 32.7 Å². The molecule has 1 N–H and O–H groups in total. The molecule has 0 saturated carbocycles. The van der Waals surface area contributed by atoms with Gasteiger partial charge in [0, 0.05) is 18.8 Å². The summed E-state index contributed by atoms with van der Waals surface area (Å²) in [7, 11) is -3.62. The molecule has 3 rings (SSSR count). The molecule has 0 radical (unpaired) electrons. The zero-order valence-electron chi connectivity index (χ0n) is 17.0. The van der Waals surface area contributed by atoms with Crippen LogP contribution in [0.2, 0.25) is 0 Å². The molecule has 1 heterocycles. The van der Waals surface area contributed by atoms with Crippen LogP contribution in [0.3, 0.4) is 0 Å². The van der Waals surface area contributed by atoms with Crippen molar-refractivity contribution in [2.75, 3.05) is 18.4 Å². The fraction of sp³-hybridized carbons (Fsp3) is 0.350. The van der Waals surface area contributed by atoms with Crippen LogP contribution in [0.4, 0.5) is 5.69 Å². The van der Waals surface area contributed by atoms with E-state index in [1.54, 1.807) is 19.9 Å². The third kappa shape index (κ3) is 4.15. The summed E-state index contributed by atoms with van der Waals surface area (Å²) in [4.78, 5) is 12.8. The standard InChI is InChI=1S/C20H25N5O3S/c1-5-24(6-2)29(27,28)16-11-14(3)15(4)18(12-16)21-20(26)13-25-19-10-8-7-9-17(19)22-23-25/h7-12H,5-6,13H2,1-4H3,(H,21,26). The number of hydrogen-bond acceptors (Lipinski definition) is 5. The van der Waals surface area contributed by atoms with Crippen LogP contribution in [-0.4, -0.2) is 46.7 Å².